The second kappa shape index (κ2) is 10.9. The van der Waals surface area contributed by atoms with Gasteiger partial charge in [0.05, 0.1) is 47.9 Å². The minimum absolute atomic E-state index is 0.0415. The fourth-order valence-electron chi connectivity index (χ4n) is 6.17. The van der Waals surface area contributed by atoms with Crippen molar-refractivity contribution < 1.29 is 42.3 Å². The molecular formula is C29H26FN4O11P. The van der Waals surface area contributed by atoms with Crippen LogP contribution in [0, 0.1) is 5.82 Å². The van der Waals surface area contributed by atoms with Crippen LogP contribution in [0.3, 0.4) is 0 Å². The average molecular weight is 657 g/mol. The summed E-state index contributed by atoms with van der Waals surface area (Å²) in [6.45, 7) is 0.614. The van der Waals surface area contributed by atoms with Crippen LogP contribution in [0.4, 0.5) is 4.39 Å². The average Bonchev–Trinajstić information content (AvgIpc) is 3.58. The summed E-state index contributed by atoms with van der Waals surface area (Å²) in [5, 5.41) is 11.4. The predicted molar refractivity (Wildman–Crippen MR) is 155 cm³/mol. The van der Waals surface area contributed by atoms with E-state index in [1.807, 2.05) is 30.3 Å². The lowest BCUT2D eigenvalue weighted by molar-refractivity contribution is -0.171. The number of cyclic esters (lactones) is 1. The molecule has 5 atom stereocenters. The Bertz CT molecular complexity index is 2160. The number of carbonyl (C=O) groups excluding carboxylic acids is 1. The van der Waals surface area contributed by atoms with E-state index in [0.717, 1.165) is 15.5 Å². The molecule has 4 aromatic rings. The van der Waals surface area contributed by atoms with E-state index >= 15 is 0 Å². The second-order valence-corrected chi connectivity index (χ2v) is 12.6. The molecule has 0 spiro atoms. The van der Waals surface area contributed by atoms with E-state index in [1.165, 1.54) is 11.5 Å². The monoisotopic (exact) mass is 656 g/mol. The molecule has 46 heavy (non-hydrogen) atoms. The van der Waals surface area contributed by atoms with Crippen LogP contribution in [-0.4, -0.2) is 53.9 Å². The van der Waals surface area contributed by atoms with E-state index in [0.29, 0.717) is 23.1 Å². The molecule has 1 saturated heterocycles. The lowest BCUT2D eigenvalue weighted by Gasteiger charge is -2.36. The molecule has 3 aromatic heterocycles. The number of phosphoric acid groups is 1. The van der Waals surface area contributed by atoms with Crippen molar-refractivity contribution in [2.45, 2.75) is 57.0 Å². The van der Waals surface area contributed by atoms with Gasteiger partial charge in [0.2, 0.25) is 11.4 Å². The Balaban J connectivity index is 1.17. The number of aromatic nitrogens is 4. The van der Waals surface area contributed by atoms with Crippen LogP contribution in [0.25, 0.3) is 22.3 Å². The molecule has 6 heterocycles. The topological polar surface area (TPSA) is 201 Å². The number of nitrogens with zero attached hydrogens (tertiary/aromatic N) is 3. The van der Waals surface area contributed by atoms with Crippen LogP contribution >= 0.6 is 7.82 Å². The van der Waals surface area contributed by atoms with Crippen molar-refractivity contribution >= 4 is 24.7 Å². The maximum Gasteiger partial charge on any atom is 0.473 e. The SMILES string of the molecule is CCC1(OP(=O)(O)OCC2OC(n3cc(F)c(=O)[nH]c3=O)CC2O)C(=O)OCc2c1cc1n(c2=O)Cc2cc3ccccc3nc2-1. The molecule has 1 fully saturated rings. The predicted octanol–water partition coefficient (Wildman–Crippen LogP) is 1.56. The molecular weight excluding hydrogens is 630 g/mol. The summed E-state index contributed by atoms with van der Waals surface area (Å²) in [7, 11) is -5.16. The Morgan fingerprint density at radius 2 is 2.00 bits per heavy atom. The molecule has 0 aliphatic carbocycles. The summed E-state index contributed by atoms with van der Waals surface area (Å²) in [6, 6.07) is 10.9. The quantitative estimate of drug-likeness (QED) is 0.169. The molecule has 17 heteroatoms. The molecule has 3 aliphatic rings. The molecule has 0 bridgehead atoms. The molecule has 5 unspecified atom stereocenters. The molecule has 0 saturated carbocycles. The Hall–Kier alpha value is -4.31. The second-order valence-electron chi connectivity index (χ2n) is 11.2. The number of halogens is 1. The van der Waals surface area contributed by atoms with Gasteiger partial charge in [0.1, 0.15) is 18.9 Å². The molecule has 3 aliphatic heterocycles. The largest absolute Gasteiger partial charge is 0.473 e. The van der Waals surface area contributed by atoms with E-state index in [4.69, 9.17) is 23.5 Å². The van der Waals surface area contributed by atoms with Crippen molar-refractivity contribution in [3.05, 3.63) is 96.3 Å². The van der Waals surface area contributed by atoms with Gasteiger partial charge in [0, 0.05) is 22.9 Å². The number of H-pyrrole nitrogens is 1. The number of ether oxygens (including phenoxy) is 2. The number of hydrogen-bond acceptors (Lipinski definition) is 11. The highest BCUT2D eigenvalue weighted by Crippen LogP contribution is 2.54. The number of benzene rings is 1. The molecule has 0 radical (unpaired) electrons. The van der Waals surface area contributed by atoms with Gasteiger partial charge in [0.15, 0.2) is 0 Å². The van der Waals surface area contributed by atoms with Crippen LogP contribution in [0.2, 0.25) is 0 Å². The van der Waals surface area contributed by atoms with Crippen LogP contribution in [0.5, 0.6) is 0 Å². The molecule has 1 aromatic carbocycles. The van der Waals surface area contributed by atoms with Gasteiger partial charge in [-0.05, 0) is 24.6 Å². The van der Waals surface area contributed by atoms with Gasteiger partial charge in [-0.25, -0.2) is 19.1 Å². The number of para-hydroxylation sites is 1. The number of aliphatic hydroxyl groups excluding tert-OH is 1. The first kappa shape index (κ1) is 30.3. The third-order valence-electron chi connectivity index (χ3n) is 8.50. The maximum atomic E-state index is 13.8. The Morgan fingerprint density at radius 3 is 2.78 bits per heavy atom. The normalized spacial score (nSPS) is 24.7. The minimum Gasteiger partial charge on any atom is -0.458 e. The van der Waals surface area contributed by atoms with Crippen molar-refractivity contribution in [1.29, 1.82) is 0 Å². The first-order valence-corrected chi connectivity index (χ1v) is 15.8. The van der Waals surface area contributed by atoms with Gasteiger partial charge in [-0.3, -0.25) is 28.2 Å². The summed E-state index contributed by atoms with van der Waals surface area (Å²) >= 11 is 0. The fraction of sp³-hybridized carbons (Fsp3) is 0.345. The highest BCUT2D eigenvalue weighted by Gasteiger charge is 2.53. The highest BCUT2D eigenvalue weighted by atomic mass is 31.2. The Morgan fingerprint density at radius 1 is 1.22 bits per heavy atom. The zero-order chi connectivity index (χ0) is 32.5. The van der Waals surface area contributed by atoms with E-state index in [-0.39, 0.29) is 37.1 Å². The zero-order valence-corrected chi connectivity index (χ0v) is 24.9. The van der Waals surface area contributed by atoms with Crippen molar-refractivity contribution in [2.75, 3.05) is 6.61 Å². The summed E-state index contributed by atoms with van der Waals surface area (Å²) in [5.74, 6) is -2.26. The zero-order valence-electron chi connectivity index (χ0n) is 24.0. The third-order valence-corrected chi connectivity index (χ3v) is 9.51. The summed E-state index contributed by atoms with van der Waals surface area (Å²) in [5.41, 5.74) is -2.40. The number of rotatable bonds is 7. The van der Waals surface area contributed by atoms with E-state index in [2.05, 4.69) is 0 Å². The highest BCUT2D eigenvalue weighted by molar-refractivity contribution is 7.47. The lowest BCUT2D eigenvalue weighted by atomic mass is 9.86. The van der Waals surface area contributed by atoms with Crippen molar-refractivity contribution in [1.82, 2.24) is 19.1 Å². The third kappa shape index (κ3) is 4.85. The van der Waals surface area contributed by atoms with Crippen LogP contribution in [0.15, 0.2) is 57.0 Å². The van der Waals surface area contributed by atoms with Gasteiger partial charge in [-0.15, -0.1) is 0 Å². The Kier molecular flexibility index (Phi) is 7.19. The van der Waals surface area contributed by atoms with Gasteiger partial charge >= 0.3 is 19.5 Å². The first-order chi connectivity index (χ1) is 21.9. The van der Waals surface area contributed by atoms with Gasteiger partial charge < -0.3 is 24.0 Å². The number of aliphatic hydroxyl groups is 1. The van der Waals surface area contributed by atoms with Crippen molar-refractivity contribution in [3.8, 4) is 11.4 Å². The van der Waals surface area contributed by atoms with Crippen molar-refractivity contribution in [2.24, 2.45) is 0 Å². The smallest absolute Gasteiger partial charge is 0.458 e. The molecule has 0 amide bonds. The van der Waals surface area contributed by atoms with E-state index in [9.17, 15) is 38.1 Å². The van der Waals surface area contributed by atoms with Gasteiger partial charge in [-0.2, -0.15) is 4.39 Å². The number of carbonyl (C=O) groups is 1. The van der Waals surface area contributed by atoms with Crippen molar-refractivity contribution in [3.63, 3.8) is 0 Å². The van der Waals surface area contributed by atoms with Gasteiger partial charge in [0.25, 0.3) is 11.1 Å². The van der Waals surface area contributed by atoms with Crippen LogP contribution in [0.1, 0.15) is 42.7 Å². The number of phosphoric ester groups is 1. The van der Waals surface area contributed by atoms with Gasteiger partial charge in [-0.1, -0.05) is 25.1 Å². The number of fused-ring (bicyclic) bond motifs is 5. The van der Waals surface area contributed by atoms with E-state index in [1.54, 1.807) is 11.1 Å². The fourth-order valence-corrected chi connectivity index (χ4v) is 7.25. The summed E-state index contributed by atoms with van der Waals surface area (Å²) < 4.78 is 50.9. The minimum atomic E-state index is -5.16. The molecule has 3 N–H and O–H groups in total. The van der Waals surface area contributed by atoms with E-state index < -0.39 is 67.1 Å². The van der Waals surface area contributed by atoms with Crippen LogP contribution in [-0.2, 0) is 46.6 Å². The summed E-state index contributed by atoms with van der Waals surface area (Å²) in [6.07, 6.45) is -3.70. The number of aromatic amines is 1. The number of esters is 1. The molecule has 7 rings (SSSR count). The lowest BCUT2D eigenvalue weighted by Crippen LogP contribution is -2.46. The summed E-state index contributed by atoms with van der Waals surface area (Å²) in [4.78, 5) is 67.8. The number of hydrogen-bond donors (Lipinski definition) is 3. The maximum absolute atomic E-state index is 13.8. The standard InChI is InChI=1S/C29H26FN4O11P/c1-2-29(45-46(40,41)43-13-22-21(35)9-23(44-22)34-11-18(30)25(36)32-28(34)39)17-8-20-24-15(7-14-5-3-4-6-19(14)31-24)10-33(20)26(37)16(17)12-42-27(29)38/h3-8,11,21-23,35H,2,9-10,12-13H2,1H3,(H,40,41)(H,32,36,39). The van der Waals surface area contributed by atoms with Crippen LogP contribution < -0.4 is 16.8 Å². The molecule has 15 nitrogen and oxygen atoms in total. The Labute approximate surface area is 257 Å². The first-order valence-electron chi connectivity index (χ1n) is 14.3. The number of pyridine rings is 2. The molecule has 240 valence electrons. The number of nitrogens with one attached hydrogen (secondary N) is 1.